The van der Waals surface area contributed by atoms with E-state index in [0.29, 0.717) is 6.61 Å². The molecule has 2 aromatic rings. The number of aliphatic hydroxyl groups is 1. The fraction of sp³-hybridized carbons (Fsp3) is 0.467. The van der Waals surface area contributed by atoms with E-state index < -0.39 is 0 Å². The highest BCUT2D eigenvalue weighted by atomic mass is 16.2. The third-order valence-electron chi connectivity index (χ3n) is 3.23. The van der Waals surface area contributed by atoms with Crippen LogP contribution in [0.1, 0.15) is 31.2 Å². The Labute approximate surface area is 103 Å². The second-order valence-electron chi connectivity index (χ2n) is 4.71. The Hall–Kier alpha value is -1.28. The molecule has 0 aliphatic heterocycles. The van der Waals surface area contributed by atoms with Gasteiger partial charge >= 0.3 is 0 Å². The molecule has 0 fully saturated rings. The van der Waals surface area contributed by atoms with Crippen molar-refractivity contribution >= 4 is 10.9 Å². The molecule has 0 saturated carbocycles. The van der Waals surface area contributed by atoms with Crippen LogP contribution >= 0.6 is 0 Å². The minimum atomic E-state index is 0.325. The van der Waals surface area contributed by atoms with Gasteiger partial charge in [-0.1, -0.05) is 24.5 Å². The zero-order valence-corrected chi connectivity index (χ0v) is 10.5. The van der Waals surface area contributed by atoms with Crippen LogP contribution in [0.3, 0.4) is 0 Å². The molecule has 0 amide bonds. The fourth-order valence-corrected chi connectivity index (χ4v) is 2.26. The van der Waals surface area contributed by atoms with Crippen LogP contribution in [0.2, 0.25) is 0 Å². The van der Waals surface area contributed by atoms with Gasteiger partial charge in [-0.2, -0.15) is 0 Å². The van der Waals surface area contributed by atoms with E-state index in [1.54, 1.807) is 0 Å². The van der Waals surface area contributed by atoms with Gasteiger partial charge in [-0.3, -0.25) is 0 Å². The molecule has 0 aliphatic carbocycles. The first-order valence-corrected chi connectivity index (χ1v) is 6.47. The topological polar surface area (TPSA) is 25.2 Å². The average molecular weight is 231 g/mol. The van der Waals surface area contributed by atoms with Crippen molar-refractivity contribution in [3.63, 3.8) is 0 Å². The molecular weight excluding hydrogens is 210 g/mol. The van der Waals surface area contributed by atoms with Gasteiger partial charge < -0.3 is 9.67 Å². The quantitative estimate of drug-likeness (QED) is 0.756. The number of hydrogen-bond acceptors (Lipinski definition) is 1. The van der Waals surface area contributed by atoms with Gasteiger partial charge in [0.25, 0.3) is 0 Å². The maximum Gasteiger partial charge on any atom is 0.0480 e. The molecule has 0 saturated heterocycles. The van der Waals surface area contributed by atoms with E-state index in [-0.39, 0.29) is 0 Å². The lowest BCUT2D eigenvalue weighted by Gasteiger charge is -2.05. The van der Waals surface area contributed by atoms with E-state index in [9.17, 15) is 0 Å². The third kappa shape index (κ3) is 3.10. The van der Waals surface area contributed by atoms with Gasteiger partial charge in [0.2, 0.25) is 0 Å². The molecule has 0 bridgehead atoms. The SMILES string of the molecule is Cc1ccc2c(ccn2CCCCCCO)c1. The molecule has 0 spiro atoms. The molecule has 17 heavy (non-hydrogen) atoms. The molecule has 0 atom stereocenters. The molecule has 92 valence electrons. The van der Waals surface area contributed by atoms with Gasteiger partial charge in [-0.25, -0.2) is 0 Å². The van der Waals surface area contributed by atoms with Gasteiger partial charge in [0.05, 0.1) is 0 Å². The zero-order chi connectivity index (χ0) is 12.1. The lowest BCUT2D eigenvalue weighted by Crippen LogP contribution is -1.96. The number of aromatic nitrogens is 1. The molecule has 2 rings (SSSR count). The van der Waals surface area contributed by atoms with Crippen LogP contribution in [0.5, 0.6) is 0 Å². The zero-order valence-electron chi connectivity index (χ0n) is 10.5. The maximum absolute atomic E-state index is 8.71. The van der Waals surface area contributed by atoms with E-state index in [2.05, 4.69) is 42.0 Å². The Morgan fingerprint density at radius 3 is 2.71 bits per heavy atom. The van der Waals surface area contributed by atoms with Crippen LogP contribution in [0.25, 0.3) is 10.9 Å². The molecule has 1 aromatic carbocycles. The summed E-state index contributed by atoms with van der Waals surface area (Å²) in [7, 11) is 0. The summed E-state index contributed by atoms with van der Waals surface area (Å²) < 4.78 is 2.33. The number of fused-ring (bicyclic) bond motifs is 1. The van der Waals surface area contributed by atoms with Crippen LogP contribution in [0, 0.1) is 6.92 Å². The molecule has 2 nitrogen and oxygen atoms in total. The van der Waals surface area contributed by atoms with Crippen molar-refractivity contribution in [2.45, 2.75) is 39.2 Å². The smallest absolute Gasteiger partial charge is 0.0480 e. The normalized spacial score (nSPS) is 11.2. The first kappa shape index (κ1) is 12.2. The van der Waals surface area contributed by atoms with Crippen molar-refractivity contribution in [3.05, 3.63) is 36.0 Å². The molecule has 1 heterocycles. The Morgan fingerprint density at radius 1 is 1.06 bits per heavy atom. The van der Waals surface area contributed by atoms with Crippen LogP contribution in [0.4, 0.5) is 0 Å². The predicted molar refractivity (Wildman–Crippen MR) is 72.2 cm³/mol. The minimum absolute atomic E-state index is 0.325. The highest BCUT2D eigenvalue weighted by molar-refractivity contribution is 5.80. The molecule has 2 heteroatoms. The Kier molecular flexibility index (Phi) is 4.21. The van der Waals surface area contributed by atoms with Crippen molar-refractivity contribution in [2.75, 3.05) is 6.61 Å². The van der Waals surface area contributed by atoms with Gasteiger partial charge in [0.15, 0.2) is 0 Å². The summed E-state index contributed by atoms with van der Waals surface area (Å²) in [6, 6.07) is 8.80. The highest BCUT2D eigenvalue weighted by Crippen LogP contribution is 2.18. The summed E-state index contributed by atoms with van der Waals surface area (Å²) in [5, 5.41) is 10.0. The van der Waals surface area contributed by atoms with Crippen molar-refractivity contribution in [3.8, 4) is 0 Å². The second-order valence-corrected chi connectivity index (χ2v) is 4.71. The highest BCUT2D eigenvalue weighted by Gasteiger charge is 2.00. The number of aryl methyl sites for hydroxylation is 2. The number of unbranched alkanes of at least 4 members (excludes halogenated alkanes) is 3. The molecule has 1 N–H and O–H groups in total. The molecule has 0 aliphatic rings. The fourth-order valence-electron chi connectivity index (χ4n) is 2.26. The summed E-state index contributed by atoms with van der Waals surface area (Å²) in [6.45, 7) is 3.54. The largest absolute Gasteiger partial charge is 0.396 e. The summed E-state index contributed by atoms with van der Waals surface area (Å²) in [5.41, 5.74) is 2.65. The summed E-state index contributed by atoms with van der Waals surface area (Å²) in [6.07, 6.45) is 6.64. The van der Waals surface area contributed by atoms with E-state index in [1.807, 2.05) is 0 Å². The standard InChI is InChI=1S/C15H21NO/c1-13-6-7-15-14(12-13)8-10-16(15)9-4-2-3-5-11-17/h6-8,10,12,17H,2-5,9,11H2,1H3. The van der Waals surface area contributed by atoms with Crippen LogP contribution in [-0.4, -0.2) is 16.3 Å². The van der Waals surface area contributed by atoms with Crippen molar-refractivity contribution in [2.24, 2.45) is 0 Å². The van der Waals surface area contributed by atoms with Crippen molar-refractivity contribution in [1.82, 2.24) is 4.57 Å². The molecule has 0 radical (unpaired) electrons. The Bertz CT molecular complexity index is 473. The first-order chi connectivity index (χ1) is 8.31. The average Bonchev–Trinajstić information content (AvgIpc) is 2.71. The summed E-state index contributed by atoms with van der Waals surface area (Å²) >= 11 is 0. The summed E-state index contributed by atoms with van der Waals surface area (Å²) in [4.78, 5) is 0. The lowest BCUT2D eigenvalue weighted by atomic mass is 10.2. The lowest BCUT2D eigenvalue weighted by molar-refractivity contribution is 0.282. The number of benzene rings is 1. The van der Waals surface area contributed by atoms with Gasteiger partial charge in [0.1, 0.15) is 0 Å². The van der Waals surface area contributed by atoms with Crippen LogP contribution < -0.4 is 0 Å². The summed E-state index contributed by atoms with van der Waals surface area (Å²) in [5.74, 6) is 0. The van der Waals surface area contributed by atoms with Crippen LogP contribution in [-0.2, 0) is 6.54 Å². The van der Waals surface area contributed by atoms with Gasteiger partial charge in [-0.15, -0.1) is 0 Å². The van der Waals surface area contributed by atoms with E-state index >= 15 is 0 Å². The minimum Gasteiger partial charge on any atom is -0.396 e. The van der Waals surface area contributed by atoms with E-state index in [0.717, 1.165) is 19.4 Å². The Balaban J connectivity index is 1.95. The van der Waals surface area contributed by atoms with Crippen molar-refractivity contribution < 1.29 is 5.11 Å². The second kappa shape index (κ2) is 5.87. The van der Waals surface area contributed by atoms with Crippen LogP contribution in [0.15, 0.2) is 30.5 Å². The number of aliphatic hydroxyl groups excluding tert-OH is 1. The number of hydrogen-bond donors (Lipinski definition) is 1. The monoisotopic (exact) mass is 231 g/mol. The molecular formula is C15H21NO. The molecule has 1 aromatic heterocycles. The third-order valence-corrected chi connectivity index (χ3v) is 3.23. The van der Waals surface area contributed by atoms with Crippen molar-refractivity contribution in [1.29, 1.82) is 0 Å². The number of nitrogens with zero attached hydrogens (tertiary/aromatic N) is 1. The first-order valence-electron chi connectivity index (χ1n) is 6.47. The maximum atomic E-state index is 8.71. The molecule has 0 unspecified atom stereocenters. The Morgan fingerprint density at radius 2 is 1.88 bits per heavy atom. The number of rotatable bonds is 6. The van der Waals surface area contributed by atoms with E-state index in [4.69, 9.17) is 5.11 Å². The van der Waals surface area contributed by atoms with E-state index in [1.165, 1.54) is 29.3 Å². The van der Waals surface area contributed by atoms with Gasteiger partial charge in [-0.05, 0) is 43.4 Å². The predicted octanol–water partition coefficient (Wildman–Crippen LogP) is 3.50. The van der Waals surface area contributed by atoms with Gasteiger partial charge in [0, 0.05) is 24.9 Å².